The molecule has 0 bridgehead atoms. The smallest absolute Gasteiger partial charge is 0.269 e. The molecular formula is C14H22N2O2. The van der Waals surface area contributed by atoms with Gasteiger partial charge in [-0.1, -0.05) is 26.0 Å². The van der Waals surface area contributed by atoms with Crippen LogP contribution in [0.2, 0.25) is 0 Å². The van der Waals surface area contributed by atoms with Crippen molar-refractivity contribution in [2.75, 3.05) is 6.54 Å². The average Bonchev–Trinajstić information content (AvgIpc) is 2.28. The molecule has 0 radical (unpaired) electrons. The Morgan fingerprint density at radius 3 is 2.33 bits per heavy atom. The lowest BCUT2D eigenvalue weighted by Crippen LogP contribution is -2.29. The molecule has 1 aromatic carbocycles. The van der Waals surface area contributed by atoms with Gasteiger partial charge in [-0.05, 0) is 37.8 Å². The van der Waals surface area contributed by atoms with Gasteiger partial charge in [-0.3, -0.25) is 10.1 Å². The second kappa shape index (κ2) is 7.11. The molecule has 0 saturated carbocycles. The highest BCUT2D eigenvalue weighted by Gasteiger charge is 2.05. The highest BCUT2D eigenvalue weighted by Crippen LogP contribution is 2.12. The Morgan fingerprint density at radius 2 is 1.83 bits per heavy atom. The standard InChI is InChI=1S/C14H22N2O2/c1-11(2)10-12(3)15-9-8-13-4-6-14(7-5-13)16(17)18/h4-7,11-12,15H,8-10H2,1-3H3. The molecule has 100 valence electrons. The summed E-state index contributed by atoms with van der Waals surface area (Å²) < 4.78 is 0. The van der Waals surface area contributed by atoms with Crippen molar-refractivity contribution in [3.8, 4) is 0 Å². The fraction of sp³-hybridized carbons (Fsp3) is 0.571. The van der Waals surface area contributed by atoms with Crippen LogP contribution >= 0.6 is 0 Å². The van der Waals surface area contributed by atoms with Crippen LogP contribution in [0.15, 0.2) is 24.3 Å². The van der Waals surface area contributed by atoms with Crippen LogP contribution in [-0.4, -0.2) is 17.5 Å². The maximum atomic E-state index is 10.5. The molecule has 0 fully saturated rings. The van der Waals surface area contributed by atoms with E-state index >= 15 is 0 Å². The van der Waals surface area contributed by atoms with Crippen molar-refractivity contribution in [2.24, 2.45) is 5.92 Å². The summed E-state index contributed by atoms with van der Waals surface area (Å²) >= 11 is 0. The Kier molecular flexibility index (Phi) is 5.78. The van der Waals surface area contributed by atoms with Gasteiger partial charge < -0.3 is 5.32 Å². The molecule has 1 unspecified atom stereocenters. The molecule has 0 saturated heterocycles. The van der Waals surface area contributed by atoms with E-state index in [1.807, 2.05) is 12.1 Å². The molecule has 0 aromatic heterocycles. The second-order valence-corrected chi connectivity index (χ2v) is 5.16. The van der Waals surface area contributed by atoms with Crippen LogP contribution in [0.3, 0.4) is 0 Å². The summed E-state index contributed by atoms with van der Waals surface area (Å²) in [6, 6.07) is 7.29. The number of rotatable bonds is 7. The lowest BCUT2D eigenvalue weighted by atomic mass is 10.0. The third-order valence-corrected chi connectivity index (χ3v) is 2.88. The van der Waals surface area contributed by atoms with Crippen LogP contribution in [0.4, 0.5) is 5.69 Å². The Bertz CT molecular complexity index is 374. The number of nitro groups is 1. The first-order valence-corrected chi connectivity index (χ1v) is 6.45. The van der Waals surface area contributed by atoms with E-state index < -0.39 is 0 Å². The number of nitrogens with zero attached hydrogens (tertiary/aromatic N) is 1. The monoisotopic (exact) mass is 250 g/mol. The molecule has 4 heteroatoms. The van der Waals surface area contributed by atoms with Gasteiger partial charge in [-0.25, -0.2) is 0 Å². The van der Waals surface area contributed by atoms with E-state index in [2.05, 4.69) is 26.1 Å². The molecule has 0 spiro atoms. The van der Waals surface area contributed by atoms with Gasteiger partial charge in [-0.15, -0.1) is 0 Å². The lowest BCUT2D eigenvalue weighted by molar-refractivity contribution is -0.384. The zero-order valence-electron chi connectivity index (χ0n) is 11.3. The molecule has 18 heavy (non-hydrogen) atoms. The molecule has 1 rings (SSSR count). The van der Waals surface area contributed by atoms with Crippen molar-refractivity contribution in [3.05, 3.63) is 39.9 Å². The van der Waals surface area contributed by atoms with Gasteiger partial charge >= 0.3 is 0 Å². The van der Waals surface area contributed by atoms with Gasteiger partial charge in [0.2, 0.25) is 0 Å². The molecular weight excluding hydrogens is 228 g/mol. The normalized spacial score (nSPS) is 12.7. The first-order valence-electron chi connectivity index (χ1n) is 6.45. The SMILES string of the molecule is CC(C)CC(C)NCCc1ccc([N+](=O)[O-])cc1. The van der Waals surface area contributed by atoms with Crippen LogP contribution in [0.25, 0.3) is 0 Å². The van der Waals surface area contributed by atoms with Crippen molar-refractivity contribution >= 4 is 5.69 Å². The van der Waals surface area contributed by atoms with Gasteiger partial charge in [0, 0.05) is 18.2 Å². The first kappa shape index (κ1) is 14.6. The van der Waals surface area contributed by atoms with E-state index in [4.69, 9.17) is 0 Å². The summed E-state index contributed by atoms with van der Waals surface area (Å²) in [5, 5.41) is 14.0. The Balaban J connectivity index is 2.33. The molecule has 0 aliphatic rings. The third kappa shape index (κ3) is 5.27. The minimum atomic E-state index is -0.368. The van der Waals surface area contributed by atoms with E-state index in [9.17, 15) is 10.1 Å². The summed E-state index contributed by atoms with van der Waals surface area (Å²) in [5.41, 5.74) is 1.28. The molecule has 0 aliphatic carbocycles. The zero-order valence-corrected chi connectivity index (χ0v) is 11.3. The third-order valence-electron chi connectivity index (χ3n) is 2.88. The van der Waals surface area contributed by atoms with E-state index in [0.29, 0.717) is 12.0 Å². The van der Waals surface area contributed by atoms with E-state index in [-0.39, 0.29) is 10.6 Å². The van der Waals surface area contributed by atoms with Crippen molar-refractivity contribution in [1.29, 1.82) is 0 Å². The van der Waals surface area contributed by atoms with Gasteiger partial charge in [0.15, 0.2) is 0 Å². The molecule has 0 aliphatic heterocycles. The largest absolute Gasteiger partial charge is 0.314 e. The van der Waals surface area contributed by atoms with Crippen molar-refractivity contribution in [3.63, 3.8) is 0 Å². The van der Waals surface area contributed by atoms with Crippen molar-refractivity contribution < 1.29 is 4.92 Å². The number of nitrogens with one attached hydrogen (secondary N) is 1. The number of benzene rings is 1. The van der Waals surface area contributed by atoms with Crippen molar-refractivity contribution in [2.45, 2.75) is 39.7 Å². The van der Waals surface area contributed by atoms with E-state index in [1.165, 1.54) is 6.42 Å². The second-order valence-electron chi connectivity index (χ2n) is 5.16. The fourth-order valence-electron chi connectivity index (χ4n) is 2.04. The van der Waals surface area contributed by atoms with Crippen LogP contribution < -0.4 is 5.32 Å². The van der Waals surface area contributed by atoms with Gasteiger partial charge in [0.1, 0.15) is 0 Å². The molecule has 1 N–H and O–H groups in total. The quantitative estimate of drug-likeness (QED) is 0.597. The lowest BCUT2D eigenvalue weighted by Gasteiger charge is -2.15. The predicted octanol–water partition coefficient (Wildman–Crippen LogP) is 3.16. The zero-order chi connectivity index (χ0) is 13.5. The van der Waals surface area contributed by atoms with E-state index in [1.54, 1.807) is 12.1 Å². The Morgan fingerprint density at radius 1 is 1.22 bits per heavy atom. The number of nitro benzene ring substituents is 1. The summed E-state index contributed by atoms with van der Waals surface area (Å²) in [5.74, 6) is 0.701. The Hall–Kier alpha value is -1.42. The topological polar surface area (TPSA) is 55.2 Å². The summed E-state index contributed by atoms with van der Waals surface area (Å²) in [6.07, 6.45) is 2.07. The highest BCUT2D eigenvalue weighted by molar-refractivity contribution is 5.32. The molecule has 1 atom stereocenters. The average molecular weight is 250 g/mol. The minimum absolute atomic E-state index is 0.153. The van der Waals surface area contributed by atoms with Gasteiger partial charge in [0.25, 0.3) is 5.69 Å². The minimum Gasteiger partial charge on any atom is -0.314 e. The van der Waals surface area contributed by atoms with Crippen LogP contribution in [-0.2, 0) is 6.42 Å². The van der Waals surface area contributed by atoms with Crippen LogP contribution in [0.5, 0.6) is 0 Å². The molecule has 0 amide bonds. The summed E-state index contributed by atoms with van der Waals surface area (Å²) in [7, 11) is 0. The van der Waals surface area contributed by atoms with Gasteiger partial charge in [0.05, 0.1) is 4.92 Å². The number of hydrogen-bond acceptors (Lipinski definition) is 3. The Labute approximate surface area is 109 Å². The maximum absolute atomic E-state index is 10.5. The van der Waals surface area contributed by atoms with Gasteiger partial charge in [-0.2, -0.15) is 0 Å². The van der Waals surface area contributed by atoms with Crippen LogP contribution in [0, 0.1) is 16.0 Å². The summed E-state index contributed by atoms with van der Waals surface area (Å²) in [6.45, 7) is 7.53. The van der Waals surface area contributed by atoms with E-state index in [0.717, 1.165) is 18.5 Å². The number of non-ortho nitro benzene ring substituents is 1. The predicted molar refractivity (Wildman–Crippen MR) is 73.7 cm³/mol. The van der Waals surface area contributed by atoms with Crippen LogP contribution in [0.1, 0.15) is 32.8 Å². The number of hydrogen-bond donors (Lipinski definition) is 1. The first-order chi connectivity index (χ1) is 8.49. The molecule has 4 nitrogen and oxygen atoms in total. The highest BCUT2D eigenvalue weighted by atomic mass is 16.6. The molecule has 0 heterocycles. The van der Waals surface area contributed by atoms with Crippen molar-refractivity contribution in [1.82, 2.24) is 5.32 Å². The fourth-order valence-corrected chi connectivity index (χ4v) is 2.04. The summed E-state index contributed by atoms with van der Waals surface area (Å²) in [4.78, 5) is 10.1. The maximum Gasteiger partial charge on any atom is 0.269 e. The molecule has 1 aromatic rings.